The molecular weight excluding hydrogens is 410 g/mol. The van der Waals surface area contributed by atoms with Crippen LogP contribution in [0.5, 0.6) is 23.0 Å². The van der Waals surface area contributed by atoms with Gasteiger partial charge in [-0.1, -0.05) is 55.3 Å². The maximum absolute atomic E-state index is 10.6. The first-order valence-electron chi connectivity index (χ1n) is 10.4. The predicted octanol–water partition coefficient (Wildman–Crippen LogP) is 6.73. The van der Waals surface area contributed by atoms with Crippen LogP contribution in [0.4, 0.5) is 0 Å². The van der Waals surface area contributed by atoms with Crippen LogP contribution in [-0.4, -0.2) is 17.7 Å². The summed E-state index contributed by atoms with van der Waals surface area (Å²) in [5, 5.41) is 14.0. The number of benzene rings is 3. The Hall–Kier alpha value is -2.53. The molecule has 0 aliphatic heterocycles. The molecule has 0 amide bonds. The van der Waals surface area contributed by atoms with Crippen molar-refractivity contribution in [1.82, 2.24) is 5.32 Å². The topological polar surface area (TPSA) is 50.7 Å². The van der Waals surface area contributed by atoms with Crippen LogP contribution in [0, 0.1) is 13.8 Å². The molecular formula is C26H32ClNO3. The van der Waals surface area contributed by atoms with Gasteiger partial charge < -0.3 is 19.9 Å². The van der Waals surface area contributed by atoms with Crippen molar-refractivity contribution in [2.75, 3.05) is 6.54 Å². The number of aliphatic hydroxyl groups is 1. The fourth-order valence-electron chi connectivity index (χ4n) is 3.04. The smallest absolute Gasteiger partial charge is 0.170 e. The van der Waals surface area contributed by atoms with Crippen LogP contribution < -0.4 is 14.8 Å². The maximum atomic E-state index is 10.6. The highest BCUT2D eigenvalue weighted by Gasteiger charge is 2.14. The summed E-state index contributed by atoms with van der Waals surface area (Å²) in [5.41, 5.74) is 3.14. The van der Waals surface area contributed by atoms with E-state index in [1.807, 2.05) is 80.6 Å². The number of halogens is 1. The number of hydrogen-bond donors (Lipinski definition) is 2. The summed E-state index contributed by atoms with van der Waals surface area (Å²) in [6.07, 6.45) is 0.0467. The summed E-state index contributed by atoms with van der Waals surface area (Å²) in [5.74, 6) is 2.65. The maximum Gasteiger partial charge on any atom is 0.170 e. The first kappa shape index (κ1) is 24.7. The average Bonchev–Trinajstić information content (AvgIpc) is 2.72. The summed E-state index contributed by atoms with van der Waals surface area (Å²) >= 11 is 0. The van der Waals surface area contributed by atoms with Gasteiger partial charge in [0.1, 0.15) is 11.5 Å². The number of ether oxygens (including phenoxy) is 2. The van der Waals surface area contributed by atoms with Crippen molar-refractivity contribution in [2.24, 2.45) is 0 Å². The highest BCUT2D eigenvalue weighted by molar-refractivity contribution is 5.85. The van der Waals surface area contributed by atoms with Gasteiger partial charge >= 0.3 is 0 Å². The second-order valence-corrected chi connectivity index (χ2v) is 7.95. The second kappa shape index (κ2) is 11.8. The van der Waals surface area contributed by atoms with Crippen molar-refractivity contribution in [3.8, 4) is 23.0 Å². The van der Waals surface area contributed by atoms with Crippen LogP contribution in [0.2, 0.25) is 0 Å². The number of rotatable bonds is 9. The summed E-state index contributed by atoms with van der Waals surface area (Å²) in [4.78, 5) is 0. The molecule has 0 aliphatic carbocycles. The van der Waals surface area contributed by atoms with Gasteiger partial charge in [-0.25, -0.2) is 0 Å². The summed E-state index contributed by atoms with van der Waals surface area (Å²) in [7, 11) is 0. The van der Waals surface area contributed by atoms with E-state index in [1.54, 1.807) is 0 Å². The third-order valence-corrected chi connectivity index (χ3v) is 4.82. The van der Waals surface area contributed by atoms with Gasteiger partial charge in [-0.05, 0) is 68.8 Å². The molecule has 166 valence electrons. The molecule has 0 saturated heterocycles. The van der Waals surface area contributed by atoms with E-state index in [0.29, 0.717) is 24.0 Å². The monoisotopic (exact) mass is 441 g/mol. The lowest BCUT2D eigenvalue weighted by Crippen LogP contribution is -2.24. The van der Waals surface area contributed by atoms with Gasteiger partial charge in [0.15, 0.2) is 11.5 Å². The molecule has 2 N–H and O–H groups in total. The predicted molar refractivity (Wildman–Crippen MR) is 129 cm³/mol. The molecule has 1 unspecified atom stereocenters. The molecule has 0 fully saturated rings. The van der Waals surface area contributed by atoms with Gasteiger partial charge in [-0.3, -0.25) is 0 Å². The molecule has 0 saturated carbocycles. The molecule has 5 heteroatoms. The Morgan fingerprint density at radius 1 is 0.774 bits per heavy atom. The van der Waals surface area contributed by atoms with E-state index < -0.39 is 6.10 Å². The van der Waals surface area contributed by atoms with Crippen LogP contribution in [0.25, 0.3) is 0 Å². The van der Waals surface area contributed by atoms with E-state index in [1.165, 1.54) is 11.1 Å². The zero-order chi connectivity index (χ0) is 21.5. The van der Waals surface area contributed by atoms with E-state index in [0.717, 1.165) is 23.6 Å². The lowest BCUT2D eigenvalue weighted by molar-refractivity contribution is 0.165. The molecule has 31 heavy (non-hydrogen) atoms. The number of aryl methyl sites for hydroxylation is 2. The Kier molecular flexibility index (Phi) is 9.38. The summed E-state index contributed by atoms with van der Waals surface area (Å²) in [6.45, 7) is 9.01. The molecule has 3 aromatic rings. The van der Waals surface area contributed by atoms with Gasteiger partial charge in [-0.15, -0.1) is 12.4 Å². The van der Waals surface area contributed by atoms with Gasteiger partial charge in [-0.2, -0.15) is 0 Å². The molecule has 0 aromatic heterocycles. The summed E-state index contributed by atoms with van der Waals surface area (Å²) < 4.78 is 12.2. The Balaban J connectivity index is 0.00000341. The van der Waals surface area contributed by atoms with E-state index in [-0.39, 0.29) is 12.4 Å². The number of aliphatic hydroxyl groups excluding tert-OH is 1. The lowest BCUT2D eigenvalue weighted by Gasteiger charge is -2.17. The molecule has 3 aromatic carbocycles. The molecule has 0 spiro atoms. The van der Waals surface area contributed by atoms with E-state index in [9.17, 15) is 5.11 Å². The van der Waals surface area contributed by atoms with Gasteiger partial charge in [0.2, 0.25) is 0 Å². The SMILES string of the molecule is Cc1ccc(Oc2ccc(C(O)CCNC(C)C)cc2Oc2ccc(C)cc2)cc1.Cl. The van der Waals surface area contributed by atoms with E-state index >= 15 is 0 Å². The van der Waals surface area contributed by atoms with Crippen LogP contribution >= 0.6 is 12.4 Å². The van der Waals surface area contributed by atoms with Gasteiger partial charge in [0.25, 0.3) is 0 Å². The van der Waals surface area contributed by atoms with Crippen LogP contribution in [0.1, 0.15) is 43.1 Å². The fraction of sp³-hybridized carbons (Fsp3) is 0.308. The second-order valence-electron chi connectivity index (χ2n) is 7.95. The Morgan fingerprint density at radius 3 is 1.81 bits per heavy atom. The zero-order valence-electron chi connectivity index (χ0n) is 18.6. The first-order valence-corrected chi connectivity index (χ1v) is 10.4. The minimum atomic E-state index is -0.579. The summed E-state index contributed by atoms with van der Waals surface area (Å²) in [6, 6.07) is 21.8. The van der Waals surface area contributed by atoms with Crippen LogP contribution in [0.3, 0.4) is 0 Å². The average molecular weight is 442 g/mol. The lowest BCUT2D eigenvalue weighted by atomic mass is 10.1. The largest absolute Gasteiger partial charge is 0.453 e. The Labute approximate surface area is 191 Å². The van der Waals surface area contributed by atoms with Crippen LogP contribution in [-0.2, 0) is 0 Å². The van der Waals surface area contributed by atoms with Crippen molar-refractivity contribution in [3.05, 3.63) is 83.4 Å². The zero-order valence-corrected chi connectivity index (χ0v) is 19.4. The van der Waals surface area contributed by atoms with Gasteiger partial charge in [0, 0.05) is 6.04 Å². The van der Waals surface area contributed by atoms with Crippen molar-refractivity contribution in [3.63, 3.8) is 0 Å². The highest BCUT2D eigenvalue weighted by atomic mass is 35.5. The van der Waals surface area contributed by atoms with E-state index in [2.05, 4.69) is 19.2 Å². The molecule has 0 heterocycles. The standard InChI is InChI=1S/C26H31NO3.ClH/c1-18(2)27-16-15-24(28)21-9-14-25(29-22-10-5-19(3)6-11-22)26(17-21)30-23-12-7-20(4)8-13-23;/h5-14,17-18,24,27-28H,15-16H2,1-4H3;1H. The third kappa shape index (κ3) is 7.59. The normalized spacial score (nSPS) is 11.7. The first-order chi connectivity index (χ1) is 14.4. The molecule has 0 aliphatic rings. The molecule has 0 bridgehead atoms. The number of nitrogens with one attached hydrogen (secondary N) is 1. The quantitative estimate of drug-likeness (QED) is 0.386. The third-order valence-electron chi connectivity index (χ3n) is 4.82. The fourth-order valence-corrected chi connectivity index (χ4v) is 3.04. The van der Waals surface area contributed by atoms with E-state index in [4.69, 9.17) is 9.47 Å². The van der Waals surface area contributed by atoms with Crippen molar-refractivity contribution >= 4 is 12.4 Å². The Morgan fingerprint density at radius 2 is 1.29 bits per heavy atom. The van der Waals surface area contributed by atoms with Crippen molar-refractivity contribution in [2.45, 2.75) is 46.3 Å². The minimum Gasteiger partial charge on any atom is -0.453 e. The molecule has 4 nitrogen and oxygen atoms in total. The van der Waals surface area contributed by atoms with Crippen molar-refractivity contribution < 1.29 is 14.6 Å². The molecule has 1 atom stereocenters. The van der Waals surface area contributed by atoms with Crippen LogP contribution in [0.15, 0.2) is 66.7 Å². The molecule has 3 rings (SSSR count). The number of hydrogen-bond acceptors (Lipinski definition) is 4. The minimum absolute atomic E-state index is 0. The highest BCUT2D eigenvalue weighted by Crippen LogP contribution is 2.37. The van der Waals surface area contributed by atoms with Gasteiger partial charge in [0.05, 0.1) is 6.10 Å². The molecule has 0 radical (unpaired) electrons. The Bertz CT molecular complexity index is 940. The van der Waals surface area contributed by atoms with Crippen molar-refractivity contribution in [1.29, 1.82) is 0 Å².